The third kappa shape index (κ3) is 2.72. The number of rotatable bonds is 3. The Labute approximate surface area is 71.4 Å². The molecule has 0 fully saturated rings. The minimum absolute atomic E-state index is 0.0820. The molecule has 1 rings (SSSR count). The number of hydrogen-bond acceptors (Lipinski definition) is 2. The fraction of sp³-hybridized carbons (Fsp3) is 0.222. The molecule has 0 aliphatic heterocycles. The van der Waals surface area contributed by atoms with E-state index >= 15 is 0 Å². The summed E-state index contributed by atoms with van der Waals surface area (Å²) in [7, 11) is 1.48. The van der Waals surface area contributed by atoms with Gasteiger partial charge in [0.25, 0.3) is 0 Å². The smallest absolute Gasteiger partial charge is 0.250 e. The Bertz CT molecular complexity index is 246. The normalized spacial score (nSPS) is 9.42. The lowest BCUT2D eigenvalue weighted by molar-refractivity contribution is -0.119. The summed E-state index contributed by atoms with van der Waals surface area (Å²) in [5, 5.41) is 2.66. The first-order valence-electron chi connectivity index (χ1n) is 3.58. The van der Waals surface area contributed by atoms with E-state index in [4.69, 9.17) is 0 Å². The van der Waals surface area contributed by atoms with Gasteiger partial charge in [0.2, 0.25) is 5.91 Å². The molecule has 1 aromatic carbocycles. The zero-order chi connectivity index (χ0) is 8.81. The lowest BCUT2D eigenvalue weighted by Gasteiger charge is -2.02. The molecule has 1 aromatic rings. The Kier molecular flexibility index (Phi) is 3.29. The number of hydrogen-bond donors (Lipinski definition) is 1. The molecule has 0 saturated carbocycles. The number of carbonyl (C=O) groups is 1. The topological polar surface area (TPSA) is 38.3 Å². The fourth-order valence-corrected chi connectivity index (χ4v) is 0.798. The summed E-state index contributed by atoms with van der Waals surface area (Å²) >= 11 is 0. The van der Waals surface area contributed by atoms with Crippen molar-refractivity contribution >= 4 is 11.6 Å². The van der Waals surface area contributed by atoms with Gasteiger partial charge in [-0.1, -0.05) is 12.1 Å². The first-order valence-corrected chi connectivity index (χ1v) is 3.58. The minimum atomic E-state index is -0.149. The average molecular weight is 164 g/mol. The molecular weight excluding hydrogens is 154 g/mol. The summed E-state index contributed by atoms with van der Waals surface area (Å²) in [4.78, 5) is 11.0. The minimum Gasteiger partial charge on any atom is -0.375 e. The van der Waals surface area contributed by atoms with Crippen LogP contribution in [-0.2, 0) is 9.53 Å². The van der Waals surface area contributed by atoms with Crippen molar-refractivity contribution < 1.29 is 9.53 Å². The Hall–Kier alpha value is -1.35. The predicted molar refractivity (Wildman–Crippen MR) is 45.8 cm³/mol. The van der Waals surface area contributed by atoms with Crippen LogP contribution in [0.1, 0.15) is 0 Å². The maximum absolute atomic E-state index is 11.0. The Morgan fingerprint density at radius 1 is 1.58 bits per heavy atom. The molecule has 0 aromatic heterocycles. The summed E-state index contributed by atoms with van der Waals surface area (Å²) in [5.74, 6) is -0.149. The molecule has 12 heavy (non-hydrogen) atoms. The van der Waals surface area contributed by atoms with Crippen molar-refractivity contribution in [2.45, 2.75) is 0 Å². The van der Waals surface area contributed by atoms with Gasteiger partial charge in [-0.05, 0) is 18.2 Å². The van der Waals surface area contributed by atoms with E-state index in [-0.39, 0.29) is 12.5 Å². The van der Waals surface area contributed by atoms with E-state index in [1.165, 1.54) is 7.11 Å². The lowest BCUT2D eigenvalue weighted by atomic mass is 10.3. The van der Waals surface area contributed by atoms with E-state index < -0.39 is 0 Å². The molecule has 1 radical (unpaired) electrons. The summed E-state index contributed by atoms with van der Waals surface area (Å²) in [6.45, 7) is 0.0820. The fourth-order valence-electron chi connectivity index (χ4n) is 0.798. The monoisotopic (exact) mass is 164 g/mol. The van der Waals surface area contributed by atoms with Crippen LogP contribution in [0, 0.1) is 6.07 Å². The van der Waals surface area contributed by atoms with Gasteiger partial charge in [0.1, 0.15) is 6.61 Å². The summed E-state index contributed by atoms with van der Waals surface area (Å²) in [6.07, 6.45) is 0. The average Bonchev–Trinajstić information content (AvgIpc) is 2.06. The first kappa shape index (κ1) is 8.74. The SMILES string of the molecule is COCC(=O)Nc1cc[c]cc1. The van der Waals surface area contributed by atoms with Crippen molar-refractivity contribution in [1.29, 1.82) is 0 Å². The van der Waals surface area contributed by atoms with Gasteiger partial charge in [0.15, 0.2) is 0 Å². The third-order valence-electron chi connectivity index (χ3n) is 1.28. The van der Waals surface area contributed by atoms with E-state index in [1.807, 2.05) is 0 Å². The molecule has 0 saturated heterocycles. The van der Waals surface area contributed by atoms with Crippen LogP contribution in [0.25, 0.3) is 0 Å². The molecule has 0 atom stereocenters. The molecule has 3 nitrogen and oxygen atoms in total. The van der Waals surface area contributed by atoms with Gasteiger partial charge in [-0.2, -0.15) is 0 Å². The van der Waals surface area contributed by atoms with Crippen molar-refractivity contribution in [2.24, 2.45) is 0 Å². The molecule has 0 bridgehead atoms. The number of carbonyl (C=O) groups excluding carboxylic acids is 1. The predicted octanol–water partition coefficient (Wildman–Crippen LogP) is 1.07. The molecule has 3 heteroatoms. The number of methoxy groups -OCH3 is 1. The molecule has 0 aliphatic carbocycles. The second kappa shape index (κ2) is 4.51. The molecular formula is C9H10NO2. The largest absolute Gasteiger partial charge is 0.375 e. The summed E-state index contributed by atoms with van der Waals surface area (Å²) < 4.78 is 4.66. The summed E-state index contributed by atoms with van der Waals surface area (Å²) in [5.41, 5.74) is 0.760. The van der Waals surface area contributed by atoms with Crippen LogP contribution < -0.4 is 5.32 Å². The Morgan fingerprint density at radius 2 is 2.25 bits per heavy atom. The number of nitrogens with one attached hydrogen (secondary N) is 1. The standard InChI is InChI=1S/C9H10NO2/c1-12-7-9(11)10-8-5-3-2-4-6-8/h3-6H,7H2,1H3,(H,10,11). The molecule has 1 N–H and O–H groups in total. The van der Waals surface area contributed by atoms with E-state index in [0.29, 0.717) is 0 Å². The van der Waals surface area contributed by atoms with Crippen molar-refractivity contribution in [3.05, 3.63) is 30.3 Å². The lowest BCUT2D eigenvalue weighted by Crippen LogP contribution is -2.16. The van der Waals surface area contributed by atoms with Crippen molar-refractivity contribution in [3.8, 4) is 0 Å². The molecule has 1 amide bonds. The van der Waals surface area contributed by atoms with E-state index in [9.17, 15) is 4.79 Å². The Balaban J connectivity index is 2.47. The second-order valence-corrected chi connectivity index (χ2v) is 2.27. The van der Waals surface area contributed by atoms with Gasteiger partial charge < -0.3 is 10.1 Å². The van der Waals surface area contributed by atoms with Gasteiger partial charge in [0.05, 0.1) is 0 Å². The quantitative estimate of drug-likeness (QED) is 0.725. The number of anilines is 1. The summed E-state index contributed by atoms with van der Waals surface area (Å²) in [6, 6.07) is 9.88. The van der Waals surface area contributed by atoms with E-state index in [1.54, 1.807) is 24.3 Å². The Morgan fingerprint density at radius 3 is 2.83 bits per heavy atom. The number of benzene rings is 1. The highest BCUT2D eigenvalue weighted by molar-refractivity contribution is 5.91. The second-order valence-electron chi connectivity index (χ2n) is 2.27. The zero-order valence-electron chi connectivity index (χ0n) is 6.83. The van der Waals surface area contributed by atoms with E-state index in [0.717, 1.165) is 5.69 Å². The van der Waals surface area contributed by atoms with Crippen LogP contribution >= 0.6 is 0 Å². The van der Waals surface area contributed by atoms with E-state index in [2.05, 4.69) is 16.1 Å². The molecule has 0 unspecified atom stereocenters. The maximum Gasteiger partial charge on any atom is 0.250 e. The van der Waals surface area contributed by atoms with Crippen molar-refractivity contribution in [3.63, 3.8) is 0 Å². The van der Waals surface area contributed by atoms with Gasteiger partial charge in [-0.3, -0.25) is 4.79 Å². The van der Waals surface area contributed by atoms with Gasteiger partial charge in [-0.25, -0.2) is 0 Å². The first-order chi connectivity index (χ1) is 5.83. The molecule has 0 heterocycles. The highest BCUT2D eigenvalue weighted by Crippen LogP contribution is 2.03. The van der Waals surface area contributed by atoms with Crippen LogP contribution in [0.5, 0.6) is 0 Å². The number of ether oxygens (including phenoxy) is 1. The highest BCUT2D eigenvalue weighted by atomic mass is 16.5. The van der Waals surface area contributed by atoms with Crippen LogP contribution in [0.3, 0.4) is 0 Å². The molecule has 63 valence electrons. The van der Waals surface area contributed by atoms with Crippen LogP contribution in [0.4, 0.5) is 5.69 Å². The highest BCUT2D eigenvalue weighted by Gasteiger charge is 1.98. The van der Waals surface area contributed by atoms with Gasteiger partial charge in [0, 0.05) is 12.8 Å². The van der Waals surface area contributed by atoms with Crippen molar-refractivity contribution in [2.75, 3.05) is 19.0 Å². The van der Waals surface area contributed by atoms with Crippen LogP contribution in [0.15, 0.2) is 24.3 Å². The number of amides is 1. The van der Waals surface area contributed by atoms with Crippen molar-refractivity contribution in [1.82, 2.24) is 0 Å². The van der Waals surface area contributed by atoms with Crippen LogP contribution in [0.2, 0.25) is 0 Å². The maximum atomic E-state index is 11.0. The van der Waals surface area contributed by atoms with Gasteiger partial charge in [-0.15, -0.1) is 0 Å². The third-order valence-corrected chi connectivity index (χ3v) is 1.28. The van der Waals surface area contributed by atoms with Gasteiger partial charge >= 0.3 is 0 Å². The zero-order valence-corrected chi connectivity index (χ0v) is 6.83. The molecule has 0 aliphatic rings. The van der Waals surface area contributed by atoms with Crippen LogP contribution in [-0.4, -0.2) is 19.6 Å². The molecule has 0 spiro atoms.